The van der Waals surface area contributed by atoms with Crippen LogP contribution in [0.2, 0.25) is 0 Å². The summed E-state index contributed by atoms with van der Waals surface area (Å²) < 4.78 is 43.2. The highest BCUT2D eigenvalue weighted by atomic mass is 19.4. The van der Waals surface area contributed by atoms with Gasteiger partial charge in [0.1, 0.15) is 5.69 Å². The van der Waals surface area contributed by atoms with Gasteiger partial charge in [-0.1, -0.05) is 0 Å². The molecule has 0 spiro atoms. The van der Waals surface area contributed by atoms with Crippen molar-refractivity contribution in [3.05, 3.63) is 18.0 Å². The van der Waals surface area contributed by atoms with Crippen molar-refractivity contribution in [3.63, 3.8) is 0 Å². The lowest BCUT2D eigenvalue weighted by atomic mass is 9.74. The highest BCUT2D eigenvalue weighted by Gasteiger charge is 2.41. The number of carbonyl (C=O) groups excluding carboxylic acids is 1. The summed E-state index contributed by atoms with van der Waals surface area (Å²) in [6.07, 6.45) is -1.83. The first-order valence-corrected chi connectivity index (χ1v) is 7.40. The van der Waals surface area contributed by atoms with Crippen LogP contribution >= 0.6 is 0 Å². The Morgan fingerprint density at radius 3 is 2.70 bits per heavy atom. The van der Waals surface area contributed by atoms with Crippen LogP contribution in [0.1, 0.15) is 32.4 Å². The molecule has 2 rings (SSSR count). The lowest BCUT2D eigenvalue weighted by Crippen LogP contribution is -2.45. The fraction of sp³-hybridized carbons (Fsp3) is 0.667. The zero-order valence-electron chi connectivity index (χ0n) is 13.4. The van der Waals surface area contributed by atoms with Crippen LogP contribution in [-0.4, -0.2) is 36.1 Å². The van der Waals surface area contributed by atoms with Crippen molar-refractivity contribution in [2.75, 3.05) is 25.1 Å². The van der Waals surface area contributed by atoms with Gasteiger partial charge in [-0.3, -0.25) is 4.79 Å². The Morgan fingerprint density at radius 1 is 1.39 bits per heavy atom. The summed E-state index contributed by atoms with van der Waals surface area (Å²) in [5, 5.41) is 0. The first-order valence-electron chi connectivity index (χ1n) is 7.40. The van der Waals surface area contributed by atoms with Crippen molar-refractivity contribution in [1.29, 1.82) is 0 Å². The van der Waals surface area contributed by atoms with Crippen molar-refractivity contribution >= 4 is 11.9 Å². The zero-order chi connectivity index (χ0) is 17.3. The van der Waals surface area contributed by atoms with Crippen molar-refractivity contribution in [2.45, 2.75) is 32.9 Å². The molecule has 1 saturated heterocycles. The molecule has 0 aliphatic carbocycles. The van der Waals surface area contributed by atoms with E-state index in [0.29, 0.717) is 13.1 Å². The van der Waals surface area contributed by atoms with Gasteiger partial charge in [-0.25, -0.2) is 9.97 Å². The van der Waals surface area contributed by atoms with Gasteiger partial charge in [-0.2, -0.15) is 13.2 Å². The normalized spacial score (nSPS) is 19.6. The van der Waals surface area contributed by atoms with Gasteiger partial charge >= 0.3 is 12.1 Å². The van der Waals surface area contributed by atoms with E-state index >= 15 is 0 Å². The van der Waals surface area contributed by atoms with E-state index in [4.69, 9.17) is 4.74 Å². The summed E-state index contributed by atoms with van der Waals surface area (Å²) in [5.41, 5.74) is -1.67. The fourth-order valence-corrected chi connectivity index (χ4v) is 2.84. The molecule has 5 nitrogen and oxygen atoms in total. The minimum Gasteiger partial charge on any atom is -0.469 e. The number of anilines is 1. The topological polar surface area (TPSA) is 55.3 Å². The standard InChI is InChI=1S/C15H20F3N3O2/c1-14(2,12(22)23-3)10-5-4-8-21(9-10)13-19-7-6-11(20-13)15(16,17)18/h6-7,10H,4-5,8-9H2,1-3H3. The van der Waals surface area contributed by atoms with E-state index in [0.717, 1.165) is 25.1 Å². The molecule has 1 aliphatic heterocycles. The number of piperidine rings is 1. The van der Waals surface area contributed by atoms with E-state index in [1.807, 2.05) is 0 Å². The van der Waals surface area contributed by atoms with Crippen molar-refractivity contribution < 1.29 is 22.7 Å². The summed E-state index contributed by atoms with van der Waals surface area (Å²) in [6.45, 7) is 4.57. The van der Waals surface area contributed by atoms with Gasteiger partial charge < -0.3 is 9.64 Å². The van der Waals surface area contributed by atoms with Crippen LogP contribution in [0.3, 0.4) is 0 Å². The maximum atomic E-state index is 12.8. The Hall–Kier alpha value is -1.86. The quantitative estimate of drug-likeness (QED) is 0.797. The highest BCUT2D eigenvalue weighted by Crippen LogP contribution is 2.36. The van der Waals surface area contributed by atoms with E-state index in [1.54, 1.807) is 18.7 Å². The van der Waals surface area contributed by atoms with Gasteiger partial charge in [0.2, 0.25) is 5.95 Å². The number of esters is 1. The monoisotopic (exact) mass is 331 g/mol. The molecule has 1 atom stereocenters. The minimum atomic E-state index is -4.50. The predicted molar refractivity (Wildman–Crippen MR) is 77.8 cm³/mol. The molecule has 1 aliphatic rings. The maximum Gasteiger partial charge on any atom is 0.433 e. The van der Waals surface area contributed by atoms with Crippen LogP contribution < -0.4 is 4.90 Å². The molecule has 128 valence electrons. The van der Waals surface area contributed by atoms with Gasteiger partial charge in [0.15, 0.2) is 0 Å². The largest absolute Gasteiger partial charge is 0.469 e. The summed E-state index contributed by atoms with van der Waals surface area (Å²) >= 11 is 0. The lowest BCUT2D eigenvalue weighted by Gasteiger charge is -2.39. The van der Waals surface area contributed by atoms with Gasteiger partial charge in [0, 0.05) is 19.3 Å². The Balaban J connectivity index is 2.20. The third kappa shape index (κ3) is 3.73. The maximum absolute atomic E-state index is 12.8. The molecule has 2 heterocycles. The van der Waals surface area contributed by atoms with E-state index in [1.165, 1.54) is 7.11 Å². The number of ether oxygens (including phenoxy) is 1. The predicted octanol–water partition coefficient (Wildman–Crippen LogP) is 2.91. The van der Waals surface area contributed by atoms with Crippen LogP contribution in [0.25, 0.3) is 0 Å². The molecule has 1 aromatic rings. The number of aromatic nitrogens is 2. The number of rotatable bonds is 3. The molecule has 0 bridgehead atoms. The number of hydrogen-bond donors (Lipinski definition) is 0. The Labute approximate surface area is 132 Å². The molecule has 8 heteroatoms. The lowest BCUT2D eigenvalue weighted by molar-refractivity contribution is -0.154. The molecule has 1 fully saturated rings. The second kappa shape index (κ2) is 6.33. The van der Waals surface area contributed by atoms with E-state index in [9.17, 15) is 18.0 Å². The minimum absolute atomic E-state index is 0.0400. The van der Waals surface area contributed by atoms with Crippen LogP contribution in [-0.2, 0) is 15.7 Å². The first kappa shape index (κ1) is 17.5. The second-order valence-corrected chi connectivity index (χ2v) is 6.24. The second-order valence-electron chi connectivity index (χ2n) is 6.24. The smallest absolute Gasteiger partial charge is 0.433 e. The van der Waals surface area contributed by atoms with Crippen molar-refractivity contribution in [3.8, 4) is 0 Å². The van der Waals surface area contributed by atoms with Crippen LogP contribution in [0.4, 0.5) is 19.1 Å². The third-order valence-electron chi connectivity index (χ3n) is 4.37. The number of hydrogen-bond acceptors (Lipinski definition) is 5. The van der Waals surface area contributed by atoms with Crippen molar-refractivity contribution in [1.82, 2.24) is 9.97 Å². The van der Waals surface area contributed by atoms with E-state index < -0.39 is 17.3 Å². The fourth-order valence-electron chi connectivity index (χ4n) is 2.84. The molecular formula is C15H20F3N3O2. The van der Waals surface area contributed by atoms with Gasteiger partial charge in [-0.05, 0) is 38.7 Å². The zero-order valence-corrected chi connectivity index (χ0v) is 13.4. The molecule has 0 aromatic carbocycles. The van der Waals surface area contributed by atoms with Gasteiger partial charge in [-0.15, -0.1) is 0 Å². The average Bonchev–Trinajstić information content (AvgIpc) is 2.53. The first-order chi connectivity index (χ1) is 10.7. The molecule has 23 heavy (non-hydrogen) atoms. The summed E-state index contributed by atoms with van der Waals surface area (Å²) in [4.78, 5) is 21.2. The number of halogens is 3. The molecule has 1 aromatic heterocycles. The Kier molecular flexibility index (Phi) is 4.81. The van der Waals surface area contributed by atoms with E-state index in [-0.39, 0.29) is 17.8 Å². The van der Waals surface area contributed by atoms with Crippen LogP contribution in [0.5, 0.6) is 0 Å². The van der Waals surface area contributed by atoms with Crippen molar-refractivity contribution in [2.24, 2.45) is 11.3 Å². The Morgan fingerprint density at radius 2 is 2.09 bits per heavy atom. The molecular weight excluding hydrogens is 311 g/mol. The highest BCUT2D eigenvalue weighted by molar-refractivity contribution is 5.76. The number of methoxy groups -OCH3 is 1. The average molecular weight is 331 g/mol. The number of alkyl halides is 3. The molecule has 0 saturated carbocycles. The summed E-state index contributed by atoms with van der Waals surface area (Å²) in [5.74, 6) is -0.318. The van der Waals surface area contributed by atoms with Gasteiger partial charge in [0.05, 0.1) is 12.5 Å². The molecule has 0 amide bonds. The number of nitrogens with zero attached hydrogens (tertiary/aromatic N) is 3. The summed E-state index contributed by atoms with van der Waals surface area (Å²) in [7, 11) is 1.33. The van der Waals surface area contributed by atoms with E-state index in [2.05, 4.69) is 9.97 Å². The molecule has 0 N–H and O–H groups in total. The molecule has 1 unspecified atom stereocenters. The third-order valence-corrected chi connectivity index (χ3v) is 4.37. The summed E-state index contributed by atoms with van der Waals surface area (Å²) in [6, 6.07) is 0.851. The van der Waals surface area contributed by atoms with Crippen LogP contribution in [0, 0.1) is 11.3 Å². The Bertz CT molecular complexity index is 575. The van der Waals surface area contributed by atoms with Crippen LogP contribution in [0.15, 0.2) is 12.3 Å². The number of carbonyl (C=O) groups is 1. The molecule has 0 radical (unpaired) electrons. The van der Waals surface area contributed by atoms with Gasteiger partial charge in [0.25, 0.3) is 0 Å². The SMILES string of the molecule is COC(=O)C(C)(C)C1CCCN(c2nccc(C(F)(F)F)n2)C1.